The van der Waals surface area contributed by atoms with Crippen LogP contribution in [0.4, 0.5) is 0 Å². The van der Waals surface area contributed by atoms with E-state index in [-0.39, 0.29) is 48.9 Å². The summed E-state index contributed by atoms with van der Waals surface area (Å²) < 4.78 is 6.37. The second-order valence-electron chi connectivity index (χ2n) is 6.75. The van der Waals surface area contributed by atoms with Crippen LogP contribution in [0.1, 0.15) is 20.7 Å². The van der Waals surface area contributed by atoms with Crippen LogP contribution in [-0.2, 0) is 4.18 Å². The second kappa shape index (κ2) is 10.8. The van der Waals surface area contributed by atoms with Crippen LogP contribution in [0.5, 0.6) is 0 Å². The molecule has 0 fully saturated rings. The molecular weight excluding hydrogens is 448 g/mol. The van der Waals surface area contributed by atoms with Crippen molar-refractivity contribution in [3.63, 3.8) is 0 Å². The number of benzene rings is 4. The van der Waals surface area contributed by atoms with Gasteiger partial charge in [-0.1, -0.05) is 60.7 Å². The van der Waals surface area contributed by atoms with Gasteiger partial charge in [-0.2, -0.15) is 0 Å². The number of carboxylic acids is 1. The molecule has 0 atom stereocenters. The first-order valence-corrected chi connectivity index (χ1v) is 11.2. The SMILES string of the molecule is O=C(O)c1cccc(C(=O)OS(c2ccccc2)(c2ccccc2)c2ccccc2)c1.[CaH2]. The predicted molar refractivity (Wildman–Crippen MR) is 129 cm³/mol. The molecule has 4 nitrogen and oxygen atoms in total. The number of hydrogen-bond acceptors (Lipinski definition) is 3. The maximum atomic E-state index is 13.4. The predicted octanol–water partition coefficient (Wildman–Crippen LogP) is 5.52. The minimum atomic E-state index is -2.41. The summed E-state index contributed by atoms with van der Waals surface area (Å²) in [5, 5.41) is 9.31. The molecule has 0 aliphatic carbocycles. The molecule has 6 heteroatoms. The number of hydrogen-bond donors (Lipinski definition) is 1. The Morgan fingerprint density at radius 1 is 0.594 bits per heavy atom. The van der Waals surface area contributed by atoms with E-state index in [1.54, 1.807) is 12.1 Å². The van der Waals surface area contributed by atoms with E-state index in [9.17, 15) is 14.7 Å². The first-order valence-electron chi connectivity index (χ1n) is 9.67. The van der Waals surface area contributed by atoms with Crippen LogP contribution in [0.15, 0.2) is 130 Å². The molecule has 1 N–H and O–H groups in total. The third-order valence-corrected chi connectivity index (χ3v) is 7.98. The van der Waals surface area contributed by atoms with Crippen molar-refractivity contribution >= 4 is 60.0 Å². The van der Waals surface area contributed by atoms with Crippen LogP contribution in [0.2, 0.25) is 0 Å². The first kappa shape index (κ1) is 24.1. The van der Waals surface area contributed by atoms with Crippen molar-refractivity contribution in [3.8, 4) is 0 Å². The van der Waals surface area contributed by atoms with Gasteiger partial charge in [-0.15, -0.1) is 0 Å². The van der Waals surface area contributed by atoms with Gasteiger partial charge < -0.3 is 9.29 Å². The molecule has 4 aromatic rings. The summed E-state index contributed by atoms with van der Waals surface area (Å²) >= 11 is 0. The van der Waals surface area contributed by atoms with Crippen LogP contribution >= 0.6 is 10.3 Å². The second-order valence-corrected chi connectivity index (χ2v) is 9.45. The normalized spacial score (nSPS) is 11.1. The summed E-state index contributed by atoms with van der Waals surface area (Å²) in [5.41, 5.74) is 0.230. The van der Waals surface area contributed by atoms with E-state index in [2.05, 4.69) is 0 Å². The first-order chi connectivity index (χ1) is 15.1. The van der Waals surface area contributed by atoms with Crippen molar-refractivity contribution in [2.75, 3.05) is 0 Å². The fraction of sp³-hybridized carbons (Fsp3) is 0. The van der Waals surface area contributed by atoms with Crippen LogP contribution in [0.25, 0.3) is 0 Å². The Kier molecular flexibility index (Phi) is 8.15. The molecule has 0 spiro atoms. The number of rotatable bonds is 6. The number of aromatic carboxylic acids is 1. The molecule has 0 amide bonds. The van der Waals surface area contributed by atoms with E-state index in [1.165, 1.54) is 12.1 Å². The van der Waals surface area contributed by atoms with Crippen molar-refractivity contribution in [2.24, 2.45) is 0 Å². The minimum absolute atomic E-state index is 0. The van der Waals surface area contributed by atoms with Gasteiger partial charge in [-0.3, -0.25) is 0 Å². The van der Waals surface area contributed by atoms with Crippen molar-refractivity contribution < 1.29 is 18.9 Å². The molecule has 0 bridgehead atoms. The molecule has 0 aromatic heterocycles. The van der Waals surface area contributed by atoms with Crippen LogP contribution in [0, 0.1) is 0 Å². The Labute approximate surface area is 218 Å². The standard InChI is InChI=1S/C26H20O4S.Ca.2H/c27-25(28)20-11-10-12-21(19-20)26(29)30-31(22-13-4-1-5-14-22,23-15-6-2-7-16-23)24-17-8-3-9-18-24;;;/h1-19H,(H,27,28);;;. The van der Waals surface area contributed by atoms with Crippen LogP contribution < -0.4 is 0 Å². The van der Waals surface area contributed by atoms with Crippen LogP contribution in [0.3, 0.4) is 0 Å². The van der Waals surface area contributed by atoms with Crippen molar-refractivity contribution in [1.29, 1.82) is 0 Å². The number of carbonyl (C=O) groups is 2. The Morgan fingerprint density at radius 2 is 1.00 bits per heavy atom. The van der Waals surface area contributed by atoms with E-state index < -0.39 is 22.2 Å². The van der Waals surface area contributed by atoms with E-state index in [0.717, 1.165) is 14.7 Å². The van der Waals surface area contributed by atoms with E-state index >= 15 is 0 Å². The molecule has 32 heavy (non-hydrogen) atoms. The van der Waals surface area contributed by atoms with Gasteiger partial charge >= 0.3 is 49.7 Å². The quantitative estimate of drug-likeness (QED) is 0.377. The molecule has 0 radical (unpaired) electrons. The third-order valence-electron chi connectivity index (χ3n) is 4.77. The summed E-state index contributed by atoms with van der Waals surface area (Å²) in [6.07, 6.45) is 0. The van der Waals surface area contributed by atoms with Gasteiger partial charge in [0.25, 0.3) is 0 Å². The monoisotopic (exact) mass is 470 g/mol. The number of carboxylic acid groups (broad SMARTS) is 1. The molecule has 0 saturated heterocycles. The summed E-state index contributed by atoms with van der Waals surface area (Å²) in [6.45, 7) is 0. The molecule has 0 aliphatic heterocycles. The topological polar surface area (TPSA) is 63.6 Å². The summed E-state index contributed by atoms with van der Waals surface area (Å²) in [7, 11) is -2.41. The van der Waals surface area contributed by atoms with E-state index in [1.807, 2.05) is 91.0 Å². The summed E-state index contributed by atoms with van der Waals surface area (Å²) in [6, 6.07) is 34.9. The van der Waals surface area contributed by atoms with E-state index in [4.69, 9.17) is 4.18 Å². The zero-order valence-electron chi connectivity index (χ0n) is 16.5. The molecule has 0 heterocycles. The summed E-state index contributed by atoms with van der Waals surface area (Å²) in [5.74, 6) is -1.67. The van der Waals surface area contributed by atoms with Crippen molar-refractivity contribution in [1.82, 2.24) is 0 Å². The van der Waals surface area contributed by atoms with Gasteiger partial charge in [0, 0.05) is 14.7 Å². The van der Waals surface area contributed by atoms with Gasteiger partial charge in [0.1, 0.15) is 0 Å². The van der Waals surface area contributed by atoms with E-state index in [0.29, 0.717) is 0 Å². The van der Waals surface area contributed by atoms with Gasteiger partial charge in [-0.25, -0.2) is 9.59 Å². The zero-order valence-corrected chi connectivity index (χ0v) is 17.4. The Morgan fingerprint density at radius 3 is 1.41 bits per heavy atom. The van der Waals surface area contributed by atoms with Gasteiger partial charge in [0.15, 0.2) is 0 Å². The average Bonchev–Trinajstić information content (AvgIpc) is 2.84. The fourth-order valence-electron chi connectivity index (χ4n) is 3.33. The number of carbonyl (C=O) groups excluding carboxylic acids is 1. The van der Waals surface area contributed by atoms with Crippen molar-refractivity contribution in [2.45, 2.75) is 14.7 Å². The van der Waals surface area contributed by atoms with Crippen molar-refractivity contribution in [3.05, 3.63) is 126 Å². The molecule has 4 rings (SSSR count). The summed E-state index contributed by atoms with van der Waals surface area (Å²) in [4.78, 5) is 27.4. The zero-order chi connectivity index (χ0) is 21.7. The molecule has 4 aromatic carbocycles. The molecule has 0 saturated carbocycles. The molecule has 0 unspecified atom stereocenters. The van der Waals surface area contributed by atoms with Gasteiger partial charge in [0.2, 0.25) is 0 Å². The molecule has 158 valence electrons. The van der Waals surface area contributed by atoms with Gasteiger partial charge in [-0.05, 0) is 64.9 Å². The van der Waals surface area contributed by atoms with Crippen LogP contribution in [-0.4, -0.2) is 54.8 Å². The Hall–Kier alpha value is -2.57. The Bertz CT molecular complexity index is 1100. The average molecular weight is 471 g/mol. The molecule has 0 aliphatic rings. The fourth-order valence-corrected chi connectivity index (χ4v) is 6.38. The molecular formula is C26H22CaO4S. The maximum absolute atomic E-state index is 13.4. The van der Waals surface area contributed by atoms with Gasteiger partial charge in [0.05, 0.1) is 11.1 Å². The Balaban J connectivity index is 0.00000289. The third kappa shape index (κ3) is 4.92.